The summed E-state index contributed by atoms with van der Waals surface area (Å²) in [5.41, 5.74) is 3.11. The third-order valence-electron chi connectivity index (χ3n) is 3.92. The van der Waals surface area contributed by atoms with E-state index in [9.17, 15) is 9.59 Å². The van der Waals surface area contributed by atoms with Crippen LogP contribution >= 0.6 is 0 Å². The highest BCUT2D eigenvalue weighted by Crippen LogP contribution is 2.07. The molecule has 2 rings (SSSR count). The van der Waals surface area contributed by atoms with Crippen molar-refractivity contribution in [2.24, 2.45) is 0 Å². The monoisotopic (exact) mass is 338 g/mol. The average Bonchev–Trinajstić information content (AvgIpc) is 2.57. The standard InChI is InChI=1S/C21H26N2O2/c1-3-22-20(24)14-18-9-11-19(12-10-18)15-21(25)23-16(2)13-17-7-5-4-6-8-17/h4-12,16H,3,13-15H2,1-2H3,(H,22,24)(H,23,25). The first-order valence-corrected chi connectivity index (χ1v) is 8.74. The molecule has 25 heavy (non-hydrogen) atoms. The summed E-state index contributed by atoms with van der Waals surface area (Å²) in [6, 6.07) is 17.9. The smallest absolute Gasteiger partial charge is 0.224 e. The van der Waals surface area contributed by atoms with Gasteiger partial charge in [0, 0.05) is 12.6 Å². The van der Waals surface area contributed by atoms with Crippen LogP contribution in [0.1, 0.15) is 30.5 Å². The molecule has 0 bridgehead atoms. The fourth-order valence-electron chi connectivity index (χ4n) is 2.75. The van der Waals surface area contributed by atoms with Crippen molar-refractivity contribution in [3.8, 4) is 0 Å². The van der Waals surface area contributed by atoms with Crippen LogP contribution in [0, 0.1) is 0 Å². The Kier molecular flexibility index (Phi) is 7.20. The molecule has 0 fully saturated rings. The maximum Gasteiger partial charge on any atom is 0.224 e. The van der Waals surface area contributed by atoms with Crippen molar-refractivity contribution in [3.05, 3.63) is 71.3 Å². The predicted octanol–water partition coefficient (Wildman–Crippen LogP) is 2.66. The summed E-state index contributed by atoms with van der Waals surface area (Å²) < 4.78 is 0. The van der Waals surface area contributed by atoms with Crippen LogP contribution in [0.25, 0.3) is 0 Å². The minimum atomic E-state index is 0.0138. The second-order valence-corrected chi connectivity index (χ2v) is 6.28. The van der Waals surface area contributed by atoms with Crippen molar-refractivity contribution in [1.29, 1.82) is 0 Å². The number of carbonyl (C=O) groups is 2. The van der Waals surface area contributed by atoms with E-state index >= 15 is 0 Å². The van der Waals surface area contributed by atoms with Crippen LogP contribution in [-0.2, 0) is 28.9 Å². The Morgan fingerprint density at radius 3 is 1.96 bits per heavy atom. The molecule has 0 heterocycles. The van der Waals surface area contributed by atoms with Gasteiger partial charge in [-0.1, -0.05) is 54.6 Å². The van der Waals surface area contributed by atoms with E-state index < -0.39 is 0 Å². The second kappa shape index (κ2) is 9.62. The van der Waals surface area contributed by atoms with E-state index in [0.717, 1.165) is 17.5 Å². The third-order valence-corrected chi connectivity index (χ3v) is 3.92. The number of carbonyl (C=O) groups excluding carboxylic acids is 2. The molecule has 0 spiro atoms. The van der Waals surface area contributed by atoms with Gasteiger partial charge in [0.1, 0.15) is 0 Å². The Labute approximate surface area is 149 Å². The van der Waals surface area contributed by atoms with E-state index in [1.54, 1.807) is 0 Å². The maximum atomic E-state index is 12.2. The van der Waals surface area contributed by atoms with E-state index in [-0.39, 0.29) is 17.9 Å². The van der Waals surface area contributed by atoms with Crippen LogP contribution in [0.5, 0.6) is 0 Å². The molecule has 2 N–H and O–H groups in total. The Morgan fingerprint density at radius 2 is 1.40 bits per heavy atom. The van der Waals surface area contributed by atoms with E-state index in [4.69, 9.17) is 0 Å². The minimum Gasteiger partial charge on any atom is -0.356 e. The molecule has 0 aliphatic rings. The van der Waals surface area contributed by atoms with Crippen LogP contribution in [0.3, 0.4) is 0 Å². The van der Waals surface area contributed by atoms with Gasteiger partial charge in [-0.3, -0.25) is 9.59 Å². The van der Waals surface area contributed by atoms with Gasteiger partial charge in [0.15, 0.2) is 0 Å². The zero-order chi connectivity index (χ0) is 18.1. The lowest BCUT2D eigenvalue weighted by atomic mass is 10.1. The molecule has 0 aromatic heterocycles. The largest absolute Gasteiger partial charge is 0.356 e. The van der Waals surface area contributed by atoms with E-state index in [1.165, 1.54) is 5.56 Å². The quantitative estimate of drug-likeness (QED) is 0.777. The van der Waals surface area contributed by atoms with Gasteiger partial charge in [0.2, 0.25) is 11.8 Å². The first-order valence-electron chi connectivity index (χ1n) is 8.74. The second-order valence-electron chi connectivity index (χ2n) is 6.28. The first kappa shape index (κ1) is 18.7. The summed E-state index contributed by atoms with van der Waals surface area (Å²) in [6.45, 7) is 4.55. The fraction of sp³-hybridized carbons (Fsp3) is 0.333. The first-order chi connectivity index (χ1) is 12.1. The van der Waals surface area contributed by atoms with Crippen molar-refractivity contribution >= 4 is 11.8 Å². The van der Waals surface area contributed by atoms with Crippen LogP contribution in [0.4, 0.5) is 0 Å². The number of rotatable bonds is 8. The van der Waals surface area contributed by atoms with Gasteiger partial charge in [-0.15, -0.1) is 0 Å². The number of benzene rings is 2. The van der Waals surface area contributed by atoms with E-state index in [2.05, 4.69) is 22.8 Å². The highest BCUT2D eigenvalue weighted by atomic mass is 16.2. The predicted molar refractivity (Wildman–Crippen MR) is 100 cm³/mol. The van der Waals surface area contributed by atoms with E-state index in [1.807, 2.05) is 56.3 Å². The molecule has 4 heteroatoms. The lowest BCUT2D eigenvalue weighted by Gasteiger charge is -2.14. The molecule has 4 nitrogen and oxygen atoms in total. The number of nitrogens with one attached hydrogen (secondary N) is 2. The highest BCUT2D eigenvalue weighted by Gasteiger charge is 2.09. The van der Waals surface area contributed by atoms with Crippen LogP contribution in [-0.4, -0.2) is 24.4 Å². The highest BCUT2D eigenvalue weighted by molar-refractivity contribution is 5.79. The summed E-state index contributed by atoms with van der Waals surface area (Å²) in [5.74, 6) is 0.0302. The average molecular weight is 338 g/mol. The summed E-state index contributed by atoms with van der Waals surface area (Å²) in [7, 11) is 0. The Balaban J connectivity index is 1.80. The lowest BCUT2D eigenvalue weighted by Crippen LogP contribution is -2.35. The van der Waals surface area contributed by atoms with Crippen molar-refractivity contribution in [2.45, 2.75) is 39.2 Å². The molecule has 132 valence electrons. The van der Waals surface area contributed by atoms with Crippen LogP contribution < -0.4 is 10.6 Å². The minimum absolute atomic E-state index is 0.0138. The molecule has 0 aliphatic carbocycles. The fourth-order valence-corrected chi connectivity index (χ4v) is 2.75. The molecule has 0 aliphatic heterocycles. The molecule has 2 aromatic rings. The zero-order valence-electron chi connectivity index (χ0n) is 14.9. The summed E-state index contributed by atoms with van der Waals surface area (Å²) in [5, 5.41) is 5.82. The van der Waals surface area contributed by atoms with Crippen LogP contribution in [0.2, 0.25) is 0 Å². The molecule has 1 unspecified atom stereocenters. The van der Waals surface area contributed by atoms with Crippen molar-refractivity contribution in [3.63, 3.8) is 0 Å². The van der Waals surface area contributed by atoms with Gasteiger partial charge in [0.05, 0.1) is 12.8 Å². The molecule has 0 saturated heterocycles. The van der Waals surface area contributed by atoms with Gasteiger partial charge < -0.3 is 10.6 Å². The summed E-state index contributed by atoms with van der Waals surface area (Å²) in [4.78, 5) is 23.8. The SMILES string of the molecule is CCNC(=O)Cc1ccc(CC(=O)NC(C)Cc2ccccc2)cc1. The number of hydrogen-bond acceptors (Lipinski definition) is 2. The van der Waals surface area contributed by atoms with Crippen molar-refractivity contribution < 1.29 is 9.59 Å². The van der Waals surface area contributed by atoms with Crippen molar-refractivity contribution in [1.82, 2.24) is 10.6 Å². The zero-order valence-corrected chi connectivity index (χ0v) is 14.9. The molecular formula is C21H26N2O2. The van der Waals surface area contributed by atoms with Gasteiger partial charge >= 0.3 is 0 Å². The molecule has 2 aromatic carbocycles. The van der Waals surface area contributed by atoms with Gasteiger partial charge in [0.25, 0.3) is 0 Å². The lowest BCUT2D eigenvalue weighted by molar-refractivity contribution is -0.121. The van der Waals surface area contributed by atoms with Gasteiger partial charge in [-0.05, 0) is 37.0 Å². The Morgan fingerprint density at radius 1 is 0.840 bits per heavy atom. The van der Waals surface area contributed by atoms with Crippen LogP contribution in [0.15, 0.2) is 54.6 Å². The third kappa shape index (κ3) is 6.79. The topological polar surface area (TPSA) is 58.2 Å². The molecule has 0 saturated carbocycles. The number of likely N-dealkylation sites (N-methyl/N-ethyl adjacent to an activating group) is 1. The van der Waals surface area contributed by atoms with E-state index in [0.29, 0.717) is 19.4 Å². The normalized spacial score (nSPS) is 11.6. The van der Waals surface area contributed by atoms with Gasteiger partial charge in [-0.25, -0.2) is 0 Å². The molecule has 1 atom stereocenters. The molecule has 0 radical (unpaired) electrons. The number of hydrogen-bond donors (Lipinski definition) is 2. The van der Waals surface area contributed by atoms with Crippen molar-refractivity contribution in [2.75, 3.05) is 6.54 Å². The molecule has 2 amide bonds. The Bertz CT molecular complexity index is 681. The van der Waals surface area contributed by atoms with Gasteiger partial charge in [-0.2, -0.15) is 0 Å². The summed E-state index contributed by atoms with van der Waals surface area (Å²) >= 11 is 0. The maximum absolute atomic E-state index is 12.2. The summed E-state index contributed by atoms with van der Waals surface area (Å²) in [6.07, 6.45) is 1.53. The Hall–Kier alpha value is -2.62. The number of amides is 2. The molecular weight excluding hydrogens is 312 g/mol.